The lowest BCUT2D eigenvalue weighted by atomic mass is 10.1. The highest BCUT2D eigenvalue weighted by molar-refractivity contribution is 6.07. The average molecular weight is 378 g/mol. The van der Waals surface area contributed by atoms with Crippen LogP contribution in [0.1, 0.15) is 15.9 Å². The molecule has 4 rings (SSSR count). The quantitative estimate of drug-likeness (QED) is 0.682. The number of hydrogen-bond donors (Lipinski definition) is 2. The minimum atomic E-state index is -0.988. The van der Waals surface area contributed by atoms with Gasteiger partial charge in [0.15, 0.2) is 0 Å². The molecule has 0 aliphatic carbocycles. The van der Waals surface area contributed by atoms with Crippen LogP contribution in [-0.4, -0.2) is 53.9 Å². The number of fused-ring (bicyclic) bond motifs is 1. The number of carboxylic acids is 1. The maximum Gasteiger partial charge on any atom is 0.339 e. The van der Waals surface area contributed by atoms with Crippen LogP contribution in [0.25, 0.3) is 10.9 Å². The molecule has 0 spiro atoms. The van der Waals surface area contributed by atoms with Crippen molar-refractivity contribution in [2.24, 2.45) is 0 Å². The summed E-state index contributed by atoms with van der Waals surface area (Å²) in [5, 5.41) is 13.8. The van der Waals surface area contributed by atoms with Crippen LogP contribution in [0.3, 0.4) is 0 Å². The van der Waals surface area contributed by atoms with Crippen molar-refractivity contribution in [1.82, 2.24) is 9.97 Å². The van der Waals surface area contributed by atoms with E-state index in [-0.39, 0.29) is 5.56 Å². The van der Waals surface area contributed by atoms with Gasteiger partial charge in [0.1, 0.15) is 5.56 Å². The van der Waals surface area contributed by atoms with Gasteiger partial charge in [-0.3, -0.25) is 9.97 Å². The van der Waals surface area contributed by atoms with E-state index >= 15 is 0 Å². The minimum Gasteiger partial charge on any atom is -0.478 e. The number of nitrogens with zero attached hydrogens (tertiary/aromatic N) is 3. The Balaban J connectivity index is 1.68. The smallest absolute Gasteiger partial charge is 0.339 e. The molecule has 3 heterocycles. The van der Waals surface area contributed by atoms with E-state index in [1.165, 1.54) is 6.20 Å². The number of pyridine rings is 2. The van der Waals surface area contributed by atoms with E-state index in [9.17, 15) is 9.90 Å². The molecule has 0 bridgehead atoms. The number of carbonyl (C=O) groups is 1. The van der Waals surface area contributed by atoms with Gasteiger partial charge >= 0.3 is 5.97 Å². The summed E-state index contributed by atoms with van der Waals surface area (Å²) in [5.74, 6) is -0.988. The first kappa shape index (κ1) is 18.2. The van der Waals surface area contributed by atoms with Crippen LogP contribution in [0.15, 0.2) is 48.9 Å². The summed E-state index contributed by atoms with van der Waals surface area (Å²) < 4.78 is 5.45. The van der Waals surface area contributed by atoms with Crippen LogP contribution < -0.4 is 10.2 Å². The molecule has 0 atom stereocenters. The zero-order valence-electron chi connectivity index (χ0n) is 15.5. The number of aromatic nitrogens is 2. The topological polar surface area (TPSA) is 87.6 Å². The molecule has 0 unspecified atom stereocenters. The van der Waals surface area contributed by atoms with Gasteiger partial charge in [-0.25, -0.2) is 4.79 Å². The fourth-order valence-corrected chi connectivity index (χ4v) is 3.50. The summed E-state index contributed by atoms with van der Waals surface area (Å²) >= 11 is 0. The first-order valence-corrected chi connectivity index (χ1v) is 9.34. The van der Waals surface area contributed by atoms with Crippen LogP contribution in [0, 0.1) is 0 Å². The third kappa shape index (κ3) is 3.75. The van der Waals surface area contributed by atoms with Crippen molar-refractivity contribution in [3.63, 3.8) is 0 Å². The van der Waals surface area contributed by atoms with E-state index < -0.39 is 5.97 Å². The number of benzene rings is 1. The lowest BCUT2D eigenvalue weighted by molar-refractivity contribution is 0.0697. The number of nitrogens with one attached hydrogen (secondary N) is 1. The molecule has 144 valence electrons. The lowest BCUT2D eigenvalue weighted by Gasteiger charge is -2.29. The number of ether oxygens (including phenoxy) is 1. The van der Waals surface area contributed by atoms with E-state index in [1.807, 2.05) is 30.3 Å². The second kappa shape index (κ2) is 8.22. The number of rotatable bonds is 6. The number of morpholine rings is 1. The highest BCUT2D eigenvalue weighted by atomic mass is 16.5. The van der Waals surface area contributed by atoms with Gasteiger partial charge in [0, 0.05) is 43.6 Å². The second-order valence-corrected chi connectivity index (χ2v) is 6.66. The van der Waals surface area contributed by atoms with Crippen LogP contribution in [0.5, 0.6) is 0 Å². The summed E-state index contributed by atoms with van der Waals surface area (Å²) in [7, 11) is 0. The first-order chi connectivity index (χ1) is 13.7. The zero-order valence-corrected chi connectivity index (χ0v) is 15.5. The van der Waals surface area contributed by atoms with Crippen molar-refractivity contribution in [3.05, 3.63) is 60.0 Å². The van der Waals surface area contributed by atoms with Crippen molar-refractivity contribution < 1.29 is 14.6 Å². The Bertz CT molecular complexity index is 972. The molecule has 0 saturated carbocycles. The van der Waals surface area contributed by atoms with Gasteiger partial charge in [0.2, 0.25) is 0 Å². The SMILES string of the molecule is O=C(O)c1cnc2c(N3CCOCC3)cccc2c1NCCc1ccncc1. The normalized spacial score (nSPS) is 14.2. The van der Waals surface area contributed by atoms with E-state index in [1.54, 1.807) is 12.4 Å². The Labute approximate surface area is 163 Å². The maximum atomic E-state index is 11.8. The standard InChI is InChI=1S/C21H22N4O3/c26-21(27)17-14-24-20-16(2-1-3-18(20)25-10-12-28-13-11-25)19(17)23-9-6-15-4-7-22-8-5-15/h1-5,7-8,14H,6,9-13H2,(H,23,24)(H,26,27). The van der Waals surface area contributed by atoms with Crippen molar-refractivity contribution in [3.8, 4) is 0 Å². The summed E-state index contributed by atoms with van der Waals surface area (Å²) in [5.41, 5.74) is 3.76. The Hall–Kier alpha value is -3.19. The van der Waals surface area contributed by atoms with Gasteiger partial charge in [-0.1, -0.05) is 12.1 Å². The van der Waals surface area contributed by atoms with Gasteiger partial charge < -0.3 is 20.1 Å². The summed E-state index contributed by atoms with van der Waals surface area (Å²) in [6.45, 7) is 3.57. The van der Waals surface area contributed by atoms with Crippen LogP contribution >= 0.6 is 0 Å². The fraction of sp³-hybridized carbons (Fsp3) is 0.286. The molecule has 3 aromatic rings. The average Bonchev–Trinajstić information content (AvgIpc) is 2.74. The molecule has 1 saturated heterocycles. The van der Waals surface area contributed by atoms with Gasteiger partial charge in [-0.15, -0.1) is 0 Å². The molecule has 0 radical (unpaired) electrons. The number of carboxylic acid groups (broad SMARTS) is 1. The van der Waals surface area contributed by atoms with Crippen LogP contribution in [0.4, 0.5) is 11.4 Å². The van der Waals surface area contributed by atoms with Crippen molar-refractivity contribution in [2.75, 3.05) is 43.1 Å². The van der Waals surface area contributed by atoms with Gasteiger partial charge in [-0.2, -0.15) is 0 Å². The molecular formula is C21H22N4O3. The molecule has 1 aliphatic rings. The maximum absolute atomic E-state index is 11.8. The number of hydrogen-bond acceptors (Lipinski definition) is 6. The van der Waals surface area contributed by atoms with Gasteiger partial charge in [0.25, 0.3) is 0 Å². The highest BCUT2D eigenvalue weighted by Crippen LogP contribution is 2.32. The van der Waals surface area contributed by atoms with Gasteiger partial charge in [-0.05, 0) is 30.2 Å². The first-order valence-electron chi connectivity index (χ1n) is 9.34. The summed E-state index contributed by atoms with van der Waals surface area (Å²) in [4.78, 5) is 22.5. The second-order valence-electron chi connectivity index (χ2n) is 6.66. The molecule has 1 aliphatic heterocycles. The van der Waals surface area contributed by atoms with Crippen LogP contribution in [0.2, 0.25) is 0 Å². The Morgan fingerprint density at radius 2 is 1.96 bits per heavy atom. The highest BCUT2D eigenvalue weighted by Gasteiger charge is 2.19. The Kier molecular flexibility index (Phi) is 5.34. The largest absolute Gasteiger partial charge is 0.478 e. The van der Waals surface area contributed by atoms with E-state index in [2.05, 4.69) is 20.2 Å². The van der Waals surface area contributed by atoms with E-state index in [4.69, 9.17) is 4.74 Å². The molecule has 0 amide bonds. The third-order valence-electron chi connectivity index (χ3n) is 4.92. The predicted octanol–water partition coefficient (Wildman–Crippen LogP) is 2.82. The van der Waals surface area contributed by atoms with Crippen molar-refractivity contribution >= 4 is 28.2 Å². The summed E-state index contributed by atoms with van der Waals surface area (Å²) in [6.07, 6.45) is 5.74. The molecule has 1 fully saturated rings. The molecular weight excluding hydrogens is 356 g/mol. The van der Waals surface area contributed by atoms with E-state index in [0.29, 0.717) is 25.4 Å². The fourth-order valence-electron chi connectivity index (χ4n) is 3.50. The summed E-state index contributed by atoms with van der Waals surface area (Å²) in [6, 6.07) is 9.83. The molecule has 7 heteroatoms. The van der Waals surface area contributed by atoms with Crippen molar-refractivity contribution in [1.29, 1.82) is 0 Å². The number of anilines is 2. The van der Waals surface area contributed by atoms with E-state index in [0.717, 1.165) is 41.7 Å². The Morgan fingerprint density at radius 3 is 2.71 bits per heavy atom. The number of para-hydroxylation sites is 1. The lowest BCUT2D eigenvalue weighted by Crippen LogP contribution is -2.36. The van der Waals surface area contributed by atoms with Gasteiger partial charge in [0.05, 0.1) is 30.1 Å². The zero-order chi connectivity index (χ0) is 19.3. The molecule has 7 nitrogen and oxygen atoms in total. The van der Waals surface area contributed by atoms with Crippen LogP contribution in [-0.2, 0) is 11.2 Å². The molecule has 2 aromatic heterocycles. The minimum absolute atomic E-state index is 0.182. The monoisotopic (exact) mass is 378 g/mol. The molecule has 1 aromatic carbocycles. The number of aromatic carboxylic acids is 1. The van der Waals surface area contributed by atoms with Crippen molar-refractivity contribution in [2.45, 2.75) is 6.42 Å². The predicted molar refractivity (Wildman–Crippen MR) is 108 cm³/mol. The molecule has 28 heavy (non-hydrogen) atoms. The Morgan fingerprint density at radius 1 is 1.18 bits per heavy atom. The molecule has 2 N–H and O–H groups in total. The third-order valence-corrected chi connectivity index (χ3v) is 4.92.